The number of hydrogen-bond donors (Lipinski definition) is 0. The van der Waals surface area contributed by atoms with Crippen molar-refractivity contribution in [1.82, 2.24) is 19.7 Å². The van der Waals surface area contributed by atoms with Crippen LogP contribution in [0.15, 0.2) is 55.2 Å². The van der Waals surface area contributed by atoms with E-state index in [1.807, 2.05) is 0 Å². The quantitative estimate of drug-likeness (QED) is 0.397. The summed E-state index contributed by atoms with van der Waals surface area (Å²) in [7, 11) is 1.54. The van der Waals surface area contributed by atoms with Gasteiger partial charge in [0, 0.05) is 22.7 Å². The predicted octanol–water partition coefficient (Wildman–Crippen LogP) is 4.92. The molecule has 4 aromatic rings. The van der Waals surface area contributed by atoms with Crippen molar-refractivity contribution in [3.63, 3.8) is 0 Å². The fraction of sp³-hybridized carbons (Fsp3) is 0.150. The summed E-state index contributed by atoms with van der Waals surface area (Å²) in [5.74, 6) is 0.980. The van der Waals surface area contributed by atoms with Gasteiger partial charge in [0.15, 0.2) is 23.1 Å². The summed E-state index contributed by atoms with van der Waals surface area (Å²) < 4.78 is 32.8. The molecule has 0 saturated heterocycles. The third-order valence-corrected chi connectivity index (χ3v) is 4.38. The Hall–Kier alpha value is -3.10. The van der Waals surface area contributed by atoms with Crippen LogP contribution in [0.1, 0.15) is 0 Å². The van der Waals surface area contributed by atoms with Gasteiger partial charge in [-0.3, -0.25) is 4.98 Å². The van der Waals surface area contributed by atoms with Crippen LogP contribution in [0.4, 0.5) is 4.39 Å². The van der Waals surface area contributed by atoms with Gasteiger partial charge in [0.25, 0.3) is 0 Å². The highest BCUT2D eigenvalue weighted by Gasteiger charge is 2.13. The first-order valence-electron chi connectivity index (χ1n) is 8.69. The summed E-state index contributed by atoms with van der Waals surface area (Å²) in [6.45, 7) is 0.908. The van der Waals surface area contributed by atoms with Crippen LogP contribution in [0.3, 0.4) is 0 Å². The van der Waals surface area contributed by atoms with Gasteiger partial charge in [-0.25, -0.2) is 14.1 Å². The van der Waals surface area contributed by atoms with Crippen LogP contribution in [-0.4, -0.2) is 33.5 Å². The van der Waals surface area contributed by atoms with E-state index in [1.165, 1.54) is 18.5 Å². The molecule has 0 bridgehead atoms. The van der Waals surface area contributed by atoms with Gasteiger partial charge < -0.3 is 14.2 Å². The molecule has 7 nitrogen and oxygen atoms in total. The Morgan fingerprint density at radius 1 is 1.07 bits per heavy atom. The molecular weight excluding hydrogens is 434 g/mol. The Morgan fingerprint density at radius 3 is 2.67 bits per heavy atom. The van der Waals surface area contributed by atoms with E-state index in [1.54, 1.807) is 48.6 Å². The van der Waals surface area contributed by atoms with E-state index in [-0.39, 0.29) is 18.2 Å². The molecule has 0 amide bonds. The van der Waals surface area contributed by atoms with E-state index in [4.69, 9.17) is 25.8 Å². The number of aromatic nitrogens is 4. The van der Waals surface area contributed by atoms with Crippen LogP contribution in [0, 0.1) is 5.82 Å². The van der Waals surface area contributed by atoms with Crippen LogP contribution < -0.4 is 14.2 Å². The molecule has 0 unspecified atom stereocenters. The Morgan fingerprint density at radius 2 is 1.93 bits per heavy atom. The summed E-state index contributed by atoms with van der Waals surface area (Å²) in [5.41, 5.74) is 0.619. The second kappa shape index (κ2) is 9.60. The second-order valence-corrected chi connectivity index (χ2v) is 6.45. The highest BCUT2D eigenvalue weighted by molar-refractivity contribution is 6.30. The minimum atomic E-state index is -0.553. The Labute approximate surface area is 182 Å². The zero-order valence-electron chi connectivity index (χ0n) is 15.8. The van der Waals surface area contributed by atoms with Gasteiger partial charge in [0.2, 0.25) is 0 Å². The lowest BCUT2D eigenvalue weighted by Gasteiger charge is -2.14. The SMILES string of the molecule is COc1cc2c(Oc3ccc(Cl)cc3F)ccnc2cc1OCCn1cncn1.Cl. The molecule has 2 aromatic heterocycles. The monoisotopic (exact) mass is 450 g/mol. The van der Waals surface area contributed by atoms with Crippen molar-refractivity contribution in [1.29, 1.82) is 0 Å². The van der Waals surface area contributed by atoms with E-state index >= 15 is 0 Å². The van der Waals surface area contributed by atoms with Gasteiger partial charge in [0.05, 0.1) is 19.2 Å². The second-order valence-electron chi connectivity index (χ2n) is 6.01. The lowest BCUT2D eigenvalue weighted by atomic mass is 10.2. The first-order valence-corrected chi connectivity index (χ1v) is 9.06. The third kappa shape index (κ3) is 4.72. The summed E-state index contributed by atoms with van der Waals surface area (Å²) in [5, 5.41) is 4.98. The molecule has 0 fully saturated rings. The molecular formula is C20H17Cl2FN4O3. The van der Waals surface area contributed by atoms with Gasteiger partial charge in [0.1, 0.15) is 25.0 Å². The zero-order valence-corrected chi connectivity index (χ0v) is 17.4. The number of ether oxygens (including phenoxy) is 3. The first-order chi connectivity index (χ1) is 14.1. The number of rotatable bonds is 7. The van der Waals surface area contributed by atoms with Gasteiger partial charge in [-0.2, -0.15) is 5.10 Å². The molecule has 2 heterocycles. The molecule has 0 atom stereocenters. The van der Waals surface area contributed by atoms with Crippen molar-refractivity contribution in [2.24, 2.45) is 0 Å². The smallest absolute Gasteiger partial charge is 0.167 e. The molecule has 2 aromatic carbocycles. The number of halogens is 3. The maximum absolute atomic E-state index is 14.1. The third-order valence-electron chi connectivity index (χ3n) is 4.15. The lowest BCUT2D eigenvalue weighted by molar-refractivity contribution is 0.274. The van der Waals surface area contributed by atoms with Gasteiger partial charge in [-0.15, -0.1) is 12.4 Å². The Bertz CT molecular complexity index is 1140. The Balaban J connectivity index is 0.00000256. The average molecular weight is 451 g/mol. The van der Waals surface area contributed by atoms with E-state index < -0.39 is 5.82 Å². The predicted molar refractivity (Wildman–Crippen MR) is 113 cm³/mol. The molecule has 4 rings (SSSR count). The number of methoxy groups -OCH3 is 1. The Kier molecular flexibility index (Phi) is 6.91. The van der Waals surface area contributed by atoms with Crippen molar-refractivity contribution in [2.45, 2.75) is 6.54 Å². The molecule has 0 aliphatic heterocycles. The molecule has 0 aliphatic carbocycles. The first kappa shape index (κ1) is 21.6. The minimum Gasteiger partial charge on any atom is -0.493 e. The van der Waals surface area contributed by atoms with Gasteiger partial charge in [-0.1, -0.05) is 11.6 Å². The highest BCUT2D eigenvalue weighted by Crippen LogP contribution is 2.37. The zero-order chi connectivity index (χ0) is 20.2. The number of nitrogens with zero attached hydrogens (tertiary/aromatic N) is 4. The summed E-state index contributed by atoms with van der Waals surface area (Å²) in [6, 6.07) is 9.38. The average Bonchev–Trinajstić information content (AvgIpc) is 3.23. The van der Waals surface area contributed by atoms with Crippen molar-refractivity contribution < 1.29 is 18.6 Å². The minimum absolute atomic E-state index is 0. The van der Waals surface area contributed by atoms with E-state index in [0.717, 1.165) is 0 Å². The molecule has 30 heavy (non-hydrogen) atoms. The van der Waals surface area contributed by atoms with E-state index in [2.05, 4.69) is 15.1 Å². The fourth-order valence-electron chi connectivity index (χ4n) is 2.76. The van der Waals surface area contributed by atoms with Crippen LogP contribution in [-0.2, 0) is 6.54 Å². The van der Waals surface area contributed by atoms with Crippen molar-refractivity contribution in [3.05, 3.63) is 66.1 Å². The molecule has 0 saturated carbocycles. The van der Waals surface area contributed by atoms with Crippen LogP contribution >= 0.6 is 24.0 Å². The van der Waals surface area contributed by atoms with Gasteiger partial charge >= 0.3 is 0 Å². The number of hydrogen-bond acceptors (Lipinski definition) is 6. The van der Waals surface area contributed by atoms with Crippen molar-refractivity contribution in [2.75, 3.05) is 13.7 Å². The van der Waals surface area contributed by atoms with Crippen LogP contribution in [0.2, 0.25) is 5.02 Å². The molecule has 0 N–H and O–H groups in total. The van der Waals surface area contributed by atoms with Gasteiger partial charge in [-0.05, 0) is 30.3 Å². The van der Waals surface area contributed by atoms with E-state index in [0.29, 0.717) is 46.3 Å². The summed E-state index contributed by atoms with van der Waals surface area (Å²) in [4.78, 5) is 8.25. The fourth-order valence-corrected chi connectivity index (χ4v) is 2.92. The number of fused-ring (bicyclic) bond motifs is 1. The summed E-state index contributed by atoms with van der Waals surface area (Å²) >= 11 is 5.80. The van der Waals surface area contributed by atoms with Crippen LogP contribution in [0.5, 0.6) is 23.0 Å². The molecule has 0 radical (unpaired) electrons. The molecule has 156 valence electrons. The largest absolute Gasteiger partial charge is 0.493 e. The van der Waals surface area contributed by atoms with Crippen molar-refractivity contribution in [3.8, 4) is 23.0 Å². The summed E-state index contributed by atoms with van der Waals surface area (Å²) in [6.07, 6.45) is 4.66. The lowest BCUT2D eigenvalue weighted by Crippen LogP contribution is -2.09. The number of pyridine rings is 1. The molecule has 0 spiro atoms. The topological polar surface area (TPSA) is 71.3 Å². The van der Waals surface area contributed by atoms with Crippen LogP contribution in [0.25, 0.3) is 10.9 Å². The van der Waals surface area contributed by atoms with Crippen molar-refractivity contribution >= 4 is 34.9 Å². The standard InChI is InChI=1S/C20H16ClFN4O3.ClH/c1-27-19-9-14-16(10-20(19)28-7-6-26-12-23-11-25-26)24-5-4-17(14)29-18-3-2-13(21)8-15(18)22;/h2-5,8-12H,6-7H2,1H3;1H. The highest BCUT2D eigenvalue weighted by atomic mass is 35.5. The molecule has 0 aliphatic rings. The van der Waals surface area contributed by atoms with E-state index in [9.17, 15) is 4.39 Å². The number of benzene rings is 2. The normalized spacial score (nSPS) is 10.5. The molecule has 10 heteroatoms. The maximum atomic E-state index is 14.1. The maximum Gasteiger partial charge on any atom is 0.167 e.